The smallest absolute Gasteiger partial charge is 0.271 e. The fourth-order valence-electron chi connectivity index (χ4n) is 2.60. The number of carbonyl (C=O) groups excluding carboxylic acids is 1. The zero-order valence-corrected chi connectivity index (χ0v) is 19.6. The van der Waals surface area contributed by atoms with Gasteiger partial charge in [-0.25, -0.2) is 8.42 Å². The highest BCUT2D eigenvalue weighted by Gasteiger charge is 2.17. The molecule has 0 bridgehead atoms. The summed E-state index contributed by atoms with van der Waals surface area (Å²) < 4.78 is 37.8. The number of ether oxygens (including phenoxy) is 2. The maximum Gasteiger partial charge on any atom is 0.271 e. The Balaban J connectivity index is 1.61. The second-order valence-electron chi connectivity index (χ2n) is 6.41. The van der Waals surface area contributed by atoms with E-state index < -0.39 is 10.0 Å². The van der Waals surface area contributed by atoms with Gasteiger partial charge in [-0.3, -0.25) is 9.52 Å². The molecule has 1 atom stereocenters. The number of carbonyl (C=O) groups is 1. The number of hydrogen-bond donors (Lipinski definition) is 2. The summed E-state index contributed by atoms with van der Waals surface area (Å²) >= 11 is 2.52. The van der Waals surface area contributed by atoms with Crippen LogP contribution in [-0.4, -0.2) is 33.8 Å². The van der Waals surface area contributed by atoms with Crippen molar-refractivity contribution in [2.75, 3.05) is 24.3 Å². The summed E-state index contributed by atoms with van der Waals surface area (Å²) in [6.45, 7) is 1.80. The largest absolute Gasteiger partial charge is 0.497 e. The first-order chi connectivity index (χ1) is 14.8. The van der Waals surface area contributed by atoms with Crippen molar-refractivity contribution in [3.05, 3.63) is 60.0 Å². The molecule has 2 aromatic carbocycles. The third-order valence-electron chi connectivity index (χ3n) is 4.17. The quantitative estimate of drug-likeness (QED) is 0.434. The van der Waals surface area contributed by atoms with Crippen LogP contribution < -0.4 is 19.5 Å². The van der Waals surface area contributed by atoms with E-state index in [1.54, 1.807) is 81.1 Å². The van der Waals surface area contributed by atoms with Gasteiger partial charge in [-0.2, -0.15) is 0 Å². The molecule has 0 spiro atoms. The lowest BCUT2D eigenvalue weighted by atomic mass is 10.2. The van der Waals surface area contributed by atoms with Crippen LogP contribution in [0.15, 0.2) is 69.1 Å². The van der Waals surface area contributed by atoms with E-state index in [4.69, 9.17) is 9.47 Å². The minimum atomic E-state index is -3.59. The molecule has 3 aromatic rings. The number of sulfonamides is 1. The molecule has 164 valence electrons. The Bertz CT molecular complexity index is 1110. The molecule has 0 aliphatic heterocycles. The number of thioether (sulfide) groups is 1. The van der Waals surface area contributed by atoms with Crippen molar-refractivity contribution in [2.24, 2.45) is 0 Å². The molecule has 7 nitrogen and oxygen atoms in total. The number of hydrogen-bond acceptors (Lipinski definition) is 7. The summed E-state index contributed by atoms with van der Waals surface area (Å²) in [6.07, 6.45) is 0. The van der Waals surface area contributed by atoms with Gasteiger partial charge in [0.1, 0.15) is 15.7 Å². The Morgan fingerprint density at radius 2 is 1.65 bits per heavy atom. The Morgan fingerprint density at radius 3 is 2.19 bits per heavy atom. The van der Waals surface area contributed by atoms with Gasteiger partial charge in [0, 0.05) is 34.5 Å². The minimum absolute atomic E-state index is 0.178. The highest BCUT2D eigenvalue weighted by Crippen LogP contribution is 2.29. The van der Waals surface area contributed by atoms with E-state index in [2.05, 4.69) is 10.0 Å². The zero-order chi connectivity index (χ0) is 22.4. The topological polar surface area (TPSA) is 93.7 Å². The lowest BCUT2D eigenvalue weighted by Crippen LogP contribution is -2.22. The molecule has 0 saturated heterocycles. The second-order valence-corrected chi connectivity index (χ2v) is 10.7. The lowest BCUT2D eigenvalue weighted by molar-refractivity contribution is -0.115. The van der Waals surface area contributed by atoms with Gasteiger partial charge < -0.3 is 14.8 Å². The lowest BCUT2D eigenvalue weighted by Gasteiger charge is -2.14. The molecule has 0 saturated carbocycles. The van der Waals surface area contributed by atoms with Crippen LogP contribution in [0.25, 0.3) is 0 Å². The first-order valence-corrected chi connectivity index (χ1v) is 12.4. The molecule has 1 amide bonds. The number of benzene rings is 2. The molecular formula is C21H22N2O5S3. The molecule has 2 N–H and O–H groups in total. The Labute approximate surface area is 189 Å². The number of anilines is 2. The maximum absolute atomic E-state index is 12.6. The van der Waals surface area contributed by atoms with Crippen LogP contribution in [0.5, 0.6) is 11.5 Å². The third kappa shape index (κ3) is 6.16. The van der Waals surface area contributed by atoms with E-state index >= 15 is 0 Å². The second kappa shape index (κ2) is 10.1. The fourth-order valence-corrected chi connectivity index (χ4v) is 5.52. The van der Waals surface area contributed by atoms with E-state index in [1.807, 2.05) is 0 Å². The van der Waals surface area contributed by atoms with Gasteiger partial charge in [-0.1, -0.05) is 6.07 Å². The number of methoxy groups -OCH3 is 2. The van der Waals surface area contributed by atoms with Gasteiger partial charge in [-0.05, 0) is 42.6 Å². The van der Waals surface area contributed by atoms with Crippen LogP contribution in [0, 0.1) is 0 Å². The number of nitrogens with one attached hydrogen (secondary N) is 2. The summed E-state index contributed by atoms with van der Waals surface area (Å²) in [7, 11) is -0.499. The van der Waals surface area contributed by atoms with Gasteiger partial charge in [0.15, 0.2) is 0 Å². The van der Waals surface area contributed by atoms with Crippen molar-refractivity contribution >= 4 is 50.4 Å². The molecule has 0 aliphatic rings. The summed E-state index contributed by atoms with van der Waals surface area (Å²) in [6, 6.07) is 15.3. The molecule has 0 fully saturated rings. The van der Waals surface area contributed by atoms with Crippen molar-refractivity contribution in [1.82, 2.24) is 0 Å². The average Bonchev–Trinajstić information content (AvgIpc) is 3.30. The van der Waals surface area contributed by atoms with Crippen LogP contribution >= 0.6 is 23.1 Å². The third-order valence-corrected chi connectivity index (χ3v) is 8.06. The van der Waals surface area contributed by atoms with Crippen LogP contribution in [-0.2, 0) is 14.8 Å². The van der Waals surface area contributed by atoms with E-state index in [-0.39, 0.29) is 15.4 Å². The van der Waals surface area contributed by atoms with Gasteiger partial charge >= 0.3 is 0 Å². The van der Waals surface area contributed by atoms with Crippen LogP contribution in [0.2, 0.25) is 0 Å². The molecule has 10 heteroatoms. The van der Waals surface area contributed by atoms with Crippen molar-refractivity contribution in [3.63, 3.8) is 0 Å². The maximum atomic E-state index is 12.6. The number of amides is 1. The molecule has 1 aromatic heterocycles. The summed E-state index contributed by atoms with van der Waals surface area (Å²) in [5.74, 6) is 0.980. The van der Waals surface area contributed by atoms with Gasteiger partial charge in [0.2, 0.25) is 5.91 Å². The average molecular weight is 479 g/mol. The Kier molecular flexibility index (Phi) is 7.47. The summed E-state index contributed by atoms with van der Waals surface area (Å²) in [5, 5.41) is 4.19. The SMILES string of the molecule is COc1cc(NC(=O)C(C)Sc2ccc(NS(=O)(=O)c3cccs3)cc2)cc(OC)c1. The monoisotopic (exact) mass is 478 g/mol. The first-order valence-electron chi connectivity index (χ1n) is 9.17. The van der Waals surface area contributed by atoms with Gasteiger partial charge in [0.05, 0.1) is 19.5 Å². The molecule has 3 rings (SSSR count). The molecule has 31 heavy (non-hydrogen) atoms. The highest BCUT2D eigenvalue weighted by molar-refractivity contribution is 8.00. The van der Waals surface area contributed by atoms with Crippen molar-refractivity contribution in [1.29, 1.82) is 0 Å². The van der Waals surface area contributed by atoms with E-state index in [0.717, 1.165) is 16.2 Å². The van der Waals surface area contributed by atoms with Gasteiger partial charge in [0.25, 0.3) is 10.0 Å². The minimum Gasteiger partial charge on any atom is -0.497 e. The Hall–Kier alpha value is -2.69. The molecular weight excluding hydrogens is 456 g/mol. The molecule has 1 heterocycles. The number of thiophene rings is 1. The van der Waals surface area contributed by atoms with Gasteiger partial charge in [-0.15, -0.1) is 23.1 Å². The standard InChI is InChI=1S/C21H22N2O5S3/c1-14(21(24)22-16-11-17(27-2)13-18(12-16)28-3)30-19-8-6-15(7-9-19)23-31(25,26)20-5-4-10-29-20/h4-14,23H,1-3H3,(H,22,24). The summed E-state index contributed by atoms with van der Waals surface area (Å²) in [4.78, 5) is 13.4. The zero-order valence-electron chi connectivity index (χ0n) is 17.1. The first kappa shape index (κ1) is 23.0. The van der Waals surface area contributed by atoms with Crippen LogP contribution in [0.3, 0.4) is 0 Å². The van der Waals surface area contributed by atoms with Crippen molar-refractivity contribution in [3.8, 4) is 11.5 Å². The number of rotatable bonds is 9. The molecule has 0 radical (unpaired) electrons. The van der Waals surface area contributed by atoms with Crippen LogP contribution in [0.4, 0.5) is 11.4 Å². The molecule has 1 unspecified atom stereocenters. The van der Waals surface area contributed by atoms with Crippen LogP contribution in [0.1, 0.15) is 6.92 Å². The van der Waals surface area contributed by atoms with E-state index in [1.165, 1.54) is 11.8 Å². The molecule has 0 aliphatic carbocycles. The van der Waals surface area contributed by atoms with Crippen molar-refractivity contribution < 1.29 is 22.7 Å². The summed E-state index contributed by atoms with van der Waals surface area (Å²) in [5.41, 5.74) is 1.03. The normalized spacial score (nSPS) is 12.1. The van der Waals surface area contributed by atoms with Crippen molar-refractivity contribution in [2.45, 2.75) is 21.3 Å². The fraction of sp³-hybridized carbons (Fsp3) is 0.190. The predicted octanol–water partition coefficient (Wildman–Crippen LogP) is 4.69. The predicted molar refractivity (Wildman–Crippen MR) is 125 cm³/mol. The Morgan fingerprint density at radius 1 is 1.00 bits per heavy atom. The highest BCUT2D eigenvalue weighted by atomic mass is 32.2. The van der Waals surface area contributed by atoms with E-state index in [9.17, 15) is 13.2 Å². The van der Waals surface area contributed by atoms with E-state index in [0.29, 0.717) is 22.9 Å².